The van der Waals surface area contributed by atoms with Crippen molar-refractivity contribution >= 4 is 11.6 Å². The SMILES string of the molecule is CC(C)C1Oc2ccc(CO)cc2N(C)C1=O. The molecule has 1 aromatic rings. The lowest BCUT2D eigenvalue weighted by atomic mass is 10.0. The van der Waals surface area contributed by atoms with E-state index in [0.29, 0.717) is 5.75 Å². The zero-order valence-electron chi connectivity index (χ0n) is 10.3. The van der Waals surface area contributed by atoms with Crippen LogP contribution >= 0.6 is 0 Å². The maximum Gasteiger partial charge on any atom is 0.268 e. The van der Waals surface area contributed by atoms with Gasteiger partial charge in [0.1, 0.15) is 5.75 Å². The highest BCUT2D eigenvalue weighted by molar-refractivity contribution is 5.99. The van der Waals surface area contributed by atoms with Crippen molar-refractivity contribution in [3.8, 4) is 5.75 Å². The molecule has 2 rings (SSSR count). The van der Waals surface area contributed by atoms with Crippen molar-refractivity contribution in [2.24, 2.45) is 5.92 Å². The summed E-state index contributed by atoms with van der Waals surface area (Å²) in [4.78, 5) is 13.7. The summed E-state index contributed by atoms with van der Waals surface area (Å²) in [7, 11) is 1.74. The molecule has 0 spiro atoms. The molecule has 0 aliphatic carbocycles. The molecule has 1 amide bonds. The van der Waals surface area contributed by atoms with Crippen LogP contribution in [0.4, 0.5) is 5.69 Å². The van der Waals surface area contributed by atoms with E-state index in [-0.39, 0.29) is 18.4 Å². The highest BCUT2D eigenvalue weighted by Gasteiger charge is 2.34. The van der Waals surface area contributed by atoms with Crippen LogP contribution in [0.25, 0.3) is 0 Å². The number of carbonyl (C=O) groups excluding carboxylic acids is 1. The van der Waals surface area contributed by atoms with Crippen molar-refractivity contribution in [1.82, 2.24) is 0 Å². The van der Waals surface area contributed by atoms with Gasteiger partial charge in [0.2, 0.25) is 0 Å². The van der Waals surface area contributed by atoms with Crippen molar-refractivity contribution < 1.29 is 14.6 Å². The minimum absolute atomic E-state index is 0.0388. The van der Waals surface area contributed by atoms with Crippen LogP contribution in [0.1, 0.15) is 19.4 Å². The molecule has 1 unspecified atom stereocenters. The lowest BCUT2D eigenvalue weighted by molar-refractivity contribution is -0.127. The smallest absolute Gasteiger partial charge is 0.268 e. The number of fused-ring (bicyclic) bond motifs is 1. The second-order valence-electron chi connectivity index (χ2n) is 4.64. The van der Waals surface area contributed by atoms with E-state index in [1.165, 1.54) is 0 Å². The van der Waals surface area contributed by atoms with Gasteiger partial charge in [0.15, 0.2) is 6.10 Å². The van der Waals surface area contributed by atoms with E-state index in [1.807, 2.05) is 13.8 Å². The average molecular weight is 235 g/mol. The summed E-state index contributed by atoms with van der Waals surface area (Å²) >= 11 is 0. The first kappa shape index (κ1) is 11.9. The maximum absolute atomic E-state index is 12.1. The number of anilines is 1. The van der Waals surface area contributed by atoms with Crippen LogP contribution in [0.15, 0.2) is 18.2 Å². The van der Waals surface area contributed by atoms with Crippen LogP contribution in [-0.4, -0.2) is 24.2 Å². The molecule has 92 valence electrons. The van der Waals surface area contributed by atoms with Gasteiger partial charge in [-0.1, -0.05) is 19.9 Å². The number of amides is 1. The van der Waals surface area contributed by atoms with Crippen molar-refractivity contribution in [3.05, 3.63) is 23.8 Å². The third-order valence-electron chi connectivity index (χ3n) is 3.00. The monoisotopic (exact) mass is 235 g/mol. The highest BCUT2D eigenvalue weighted by Crippen LogP contribution is 2.35. The van der Waals surface area contributed by atoms with Crippen LogP contribution in [0.2, 0.25) is 0 Å². The predicted molar refractivity (Wildman–Crippen MR) is 65.0 cm³/mol. The van der Waals surface area contributed by atoms with Gasteiger partial charge in [-0.05, 0) is 23.6 Å². The molecule has 0 saturated heterocycles. The summed E-state index contributed by atoms with van der Waals surface area (Å²) in [6, 6.07) is 5.39. The normalized spacial score (nSPS) is 19.2. The quantitative estimate of drug-likeness (QED) is 0.846. The van der Waals surface area contributed by atoms with E-state index in [0.717, 1.165) is 11.3 Å². The number of benzene rings is 1. The van der Waals surface area contributed by atoms with Gasteiger partial charge in [-0.25, -0.2) is 0 Å². The number of aliphatic hydroxyl groups is 1. The van der Waals surface area contributed by atoms with Gasteiger partial charge in [-0.3, -0.25) is 4.79 Å². The number of aliphatic hydroxyl groups excluding tert-OH is 1. The number of hydrogen-bond donors (Lipinski definition) is 1. The number of hydrogen-bond acceptors (Lipinski definition) is 3. The standard InChI is InChI=1S/C13H17NO3/c1-8(2)12-13(16)14(3)10-6-9(7-15)4-5-11(10)17-12/h4-6,8,12,15H,7H2,1-3H3. The Morgan fingerprint density at radius 3 is 2.76 bits per heavy atom. The largest absolute Gasteiger partial charge is 0.478 e. The van der Waals surface area contributed by atoms with E-state index in [2.05, 4.69) is 0 Å². The Hall–Kier alpha value is -1.55. The number of carbonyl (C=O) groups is 1. The van der Waals surface area contributed by atoms with E-state index >= 15 is 0 Å². The highest BCUT2D eigenvalue weighted by atomic mass is 16.5. The Labute approximate surface area is 101 Å². The maximum atomic E-state index is 12.1. The van der Waals surface area contributed by atoms with Crippen molar-refractivity contribution in [2.75, 3.05) is 11.9 Å². The molecule has 0 bridgehead atoms. The molecule has 1 N–H and O–H groups in total. The Bertz CT molecular complexity index is 442. The molecule has 1 aliphatic rings. The molecule has 0 aromatic heterocycles. The molecule has 1 atom stereocenters. The lowest BCUT2D eigenvalue weighted by Crippen LogP contribution is -2.46. The predicted octanol–water partition coefficient (Wildman–Crippen LogP) is 1.56. The Morgan fingerprint density at radius 1 is 1.47 bits per heavy atom. The number of likely N-dealkylation sites (N-methyl/N-ethyl adjacent to an activating group) is 1. The van der Waals surface area contributed by atoms with Crippen LogP contribution in [0.3, 0.4) is 0 Å². The molecule has 4 heteroatoms. The first-order chi connectivity index (χ1) is 8.04. The van der Waals surface area contributed by atoms with Crippen molar-refractivity contribution in [2.45, 2.75) is 26.6 Å². The minimum Gasteiger partial charge on any atom is -0.478 e. The van der Waals surface area contributed by atoms with Crippen LogP contribution in [0.5, 0.6) is 5.75 Å². The Kier molecular flexibility index (Phi) is 3.07. The molecular formula is C13H17NO3. The topological polar surface area (TPSA) is 49.8 Å². The summed E-state index contributed by atoms with van der Waals surface area (Å²) < 4.78 is 5.70. The van der Waals surface area contributed by atoms with Crippen LogP contribution in [-0.2, 0) is 11.4 Å². The van der Waals surface area contributed by atoms with E-state index < -0.39 is 6.10 Å². The Balaban J connectivity index is 2.41. The number of nitrogens with zero attached hydrogens (tertiary/aromatic N) is 1. The zero-order valence-corrected chi connectivity index (χ0v) is 10.3. The average Bonchev–Trinajstić information content (AvgIpc) is 2.33. The van der Waals surface area contributed by atoms with Gasteiger partial charge in [-0.15, -0.1) is 0 Å². The van der Waals surface area contributed by atoms with Crippen LogP contribution < -0.4 is 9.64 Å². The fourth-order valence-electron chi connectivity index (χ4n) is 1.94. The molecule has 17 heavy (non-hydrogen) atoms. The van der Waals surface area contributed by atoms with Gasteiger partial charge < -0.3 is 14.7 Å². The first-order valence-electron chi connectivity index (χ1n) is 5.72. The van der Waals surface area contributed by atoms with Crippen molar-refractivity contribution in [3.63, 3.8) is 0 Å². The fraction of sp³-hybridized carbons (Fsp3) is 0.462. The second-order valence-corrected chi connectivity index (χ2v) is 4.64. The Morgan fingerprint density at radius 2 is 2.18 bits per heavy atom. The third-order valence-corrected chi connectivity index (χ3v) is 3.00. The third kappa shape index (κ3) is 2.00. The van der Waals surface area contributed by atoms with Crippen LogP contribution in [0, 0.1) is 5.92 Å². The lowest BCUT2D eigenvalue weighted by Gasteiger charge is -2.34. The second kappa shape index (κ2) is 4.37. The van der Waals surface area contributed by atoms with E-state index in [9.17, 15) is 4.79 Å². The molecule has 0 saturated carbocycles. The van der Waals surface area contributed by atoms with E-state index in [1.54, 1.807) is 30.1 Å². The van der Waals surface area contributed by atoms with Gasteiger partial charge in [0.05, 0.1) is 12.3 Å². The molecule has 1 aromatic carbocycles. The number of rotatable bonds is 2. The molecule has 1 aliphatic heterocycles. The molecule has 0 fully saturated rings. The summed E-state index contributed by atoms with van der Waals surface area (Å²) in [5.41, 5.74) is 1.49. The first-order valence-corrected chi connectivity index (χ1v) is 5.72. The summed E-state index contributed by atoms with van der Waals surface area (Å²) in [5, 5.41) is 9.09. The molecular weight excluding hydrogens is 218 g/mol. The van der Waals surface area contributed by atoms with Gasteiger partial charge in [-0.2, -0.15) is 0 Å². The van der Waals surface area contributed by atoms with Gasteiger partial charge in [0, 0.05) is 7.05 Å². The molecule has 1 heterocycles. The van der Waals surface area contributed by atoms with Crippen molar-refractivity contribution in [1.29, 1.82) is 0 Å². The molecule has 0 radical (unpaired) electrons. The van der Waals surface area contributed by atoms with Gasteiger partial charge in [0.25, 0.3) is 5.91 Å². The summed E-state index contributed by atoms with van der Waals surface area (Å²) in [6.45, 7) is 3.88. The zero-order chi connectivity index (χ0) is 12.6. The summed E-state index contributed by atoms with van der Waals surface area (Å²) in [6.07, 6.45) is -0.424. The number of ether oxygens (including phenoxy) is 1. The minimum atomic E-state index is -0.424. The summed E-state index contributed by atoms with van der Waals surface area (Å²) in [5.74, 6) is 0.793. The fourth-order valence-corrected chi connectivity index (χ4v) is 1.94. The van der Waals surface area contributed by atoms with E-state index in [4.69, 9.17) is 9.84 Å². The van der Waals surface area contributed by atoms with Gasteiger partial charge >= 0.3 is 0 Å². The molecule has 4 nitrogen and oxygen atoms in total.